The van der Waals surface area contributed by atoms with Crippen LogP contribution >= 0.6 is 11.3 Å². The maximum absolute atomic E-state index is 12.4. The molecule has 0 saturated carbocycles. The van der Waals surface area contributed by atoms with Crippen LogP contribution in [0.1, 0.15) is 10.4 Å². The smallest absolute Gasteiger partial charge is 0.257 e. The van der Waals surface area contributed by atoms with Crippen LogP contribution in [0, 0.1) is 0 Å². The molecule has 7 heteroatoms. The number of aromatic nitrogens is 2. The minimum atomic E-state index is -0.177. The maximum Gasteiger partial charge on any atom is 0.257 e. The van der Waals surface area contributed by atoms with Crippen LogP contribution in [0.2, 0.25) is 0 Å². The fourth-order valence-electron chi connectivity index (χ4n) is 2.35. The normalized spacial score (nSPS) is 12.2. The number of nitrogens with zero attached hydrogens (tertiary/aromatic N) is 2. The number of carbonyl (C=O) groups excluding carboxylic acids is 1. The lowest BCUT2D eigenvalue weighted by Gasteiger charge is -2.04. The molecule has 0 fully saturated rings. The van der Waals surface area contributed by atoms with E-state index in [-0.39, 0.29) is 5.91 Å². The minimum Gasteiger partial charge on any atom is -0.366 e. The van der Waals surface area contributed by atoms with E-state index in [0.29, 0.717) is 17.4 Å². The molecule has 0 aliphatic carbocycles. The van der Waals surface area contributed by atoms with Gasteiger partial charge < -0.3 is 10.6 Å². The molecule has 4 rings (SSSR count). The summed E-state index contributed by atoms with van der Waals surface area (Å²) in [4.78, 5) is 21.0. The Hall–Kier alpha value is -2.93. The van der Waals surface area contributed by atoms with E-state index in [2.05, 4.69) is 25.9 Å². The summed E-state index contributed by atoms with van der Waals surface area (Å²) >= 11 is 1.38. The van der Waals surface area contributed by atoms with Gasteiger partial charge in [-0.25, -0.2) is 4.98 Å². The van der Waals surface area contributed by atoms with Crippen molar-refractivity contribution >= 4 is 33.8 Å². The minimum absolute atomic E-state index is 0.177. The Morgan fingerprint density at radius 1 is 1.13 bits per heavy atom. The number of thiazole rings is 1. The third-order valence-electron chi connectivity index (χ3n) is 3.49. The van der Waals surface area contributed by atoms with Crippen LogP contribution in [0.15, 0.2) is 48.0 Å². The van der Waals surface area contributed by atoms with Crippen LogP contribution in [0.3, 0.4) is 0 Å². The van der Waals surface area contributed by atoms with Crippen molar-refractivity contribution in [2.24, 2.45) is 0 Å². The van der Waals surface area contributed by atoms with Crippen molar-refractivity contribution in [2.45, 2.75) is 0 Å². The summed E-state index contributed by atoms with van der Waals surface area (Å²) in [5.41, 5.74) is 4.08. The monoisotopic (exact) mass is 323 g/mol. The van der Waals surface area contributed by atoms with Crippen molar-refractivity contribution in [3.05, 3.63) is 53.5 Å². The van der Waals surface area contributed by atoms with Crippen molar-refractivity contribution in [3.8, 4) is 11.4 Å². The van der Waals surface area contributed by atoms with Crippen molar-refractivity contribution in [1.29, 1.82) is 0 Å². The molecule has 1 aliphatic rings. The maximum atomic E-state index is 12.4. The number of benzene rings is 1. The molecule has 2 aromatic heterocycles. The molecule has 0 saturated heterocycles. The zero-order chi connectivity index (χ0) is 15.6. The zero-order valence-corrected chi connectivity index (χ0v) is 12.9. The molecule has 0 spiro atoms. The largest absolute Gasteiger partial charge is 0.366 e. The molecule has 0 atom stereocenters. The van der Waals surface area contributed by atoms with E-state index in [1.807, 2.05) is 35.7 Å². The van der Waals surface area contributed by atoms with Crippen LogP contribution in [0.25, 0.3) is 11.4 Å². The first kappa shape index (κ1) is 13.7. The molecule has 1 aliphatic heterocycles. The molecular weight excluding hydrogens is 310 g/mol. The van der Waals surface area contributed by atoms with Gasteiger partial charge in [-0.2, -0.15) is 0 Å². The number of fused-ring (bicyclic) bond motifs is 1. The summed E-state index contributed by atoms with van der Waals surface area (Å²) in [6.07, 6.45) is 1.72. The Morgan fingerprint density at radius 2 is 2.04 bits per heavy atom. The van der Waals surface area contributed by atoms with E-state index in [1.54, 1.807) is 12.3 Å². The Balaban J connectivity index is 1.52. The number of nitrogens with one attached hydrogen (secondary N) is 3. The number of amides is 1. The average molecular weight is 323 g/mol. The van der Waals surface area contributed by atoms with Crippen LogP contribution in [-0.4, -0.2) is 22.5 Å². The van der Waals surface area contributed by atoms with Crippen molar-refractivity contribution in [3.63, 3.8) is 0 Å². The molecule has 0 radical (unpaired) electrons. The van der Waals surface area contributed by atoms with Crippen LogP contribution in [0.5, 0.6) is 0 Å². The number of anilines is 3. The van der Waals surface area contributed by atoms with Gasteiger partial charge in [0.15, 0.2) is 5.13 Å². The van der Waals surface area contributed by atoms with Gasteiger partial charge in [-0.05, 0) is 30.3 Å². The van der Waals surface area contributed by atoms with E-state index < -0.39 is 0 Å². The van der Waals surface area contributed by atoms with Crippen LogP contribution < -0.4 is 16.0 Å². The number of rotatable bonds is 3. The lowest BCUT2D eigenvalue weighted by atomic mass is 10.1. The summed E-state index contributed by atoms with van der Waals surface area (Å²) in [5.74, 6) is -0.177. The van der Waals surface area contributed by atoms with Gasteiger partial charge in [-0.1, -0.05) is 6.07 Å². The van der Waals surface area contributed by atoms with Crippen LogP contribution in [0.4, 0.5) is 16.5 Å². The molecule has 0 bridgehead atoms. The van der Waals surface area contributed by atoms with Crippen molar-refractivity contribution in [1.82, 2.24) is 9.97 Å². The lowest BCUT2D eigenvalue weighted by Crippen LogP contribution is -2.11. The van der Waals surface area contributed by atoms with Gasteiger partial charge in [-0.3, -0.25) is 15.1 Å². The Labute approximate surface area is 136 Å². The number of hydrogen-bond donors (Lipinski definition) is 3. The van der Waals surface area contributed by atoms with Gasteiger partial charge in [0.2, 0.25) is 0 Å². The average Bonchev–Trinajstić information content (AvgIpc) is 3.24. The molecule has 1 amide bonds. The molecule has 6 nitrogen and oxygen atoms in total. The predicted molar refractivity (Wildman–Crippen MR) is 91.9 cm³/mol. The van der Waals surface area contributed by atoms with Gasteiger partial charge in [0, 0.05) is 17.1 Å². The van der Waals surface area contributed by atoms with Crippen LogP contribution in [-0.2, 0) is 0 Å². The van der Waals surface area contributed by atoms with E-state index >= 15 is 0 Å². The quantitative estimate of drug-likeness (QED) is 0.689. The van der Waals surface area contributed by atoms with Gasteiger partial charge >= 0.3 is 0 Å². The third kappa shape index (κ3) is 2.74. The van der Waals surface area contributed by atoms with E-state index in [9.17, 15) is 4.79 Å². The molecule has 114 valence electrons. The standard InChI is InChI=1S/C16H13N5OS/c22-15(10-4-5-12-13(7-10)19-9-18-12)21-16-20-14(8-23-16)11-3-1-2-6-17-11/h1-8,18-19H,9H2,(H,20,21,22). The summed E-state index contributed by atoms with van der Waals surface area (Å²) in [6.45, 7) is 0.681. The Morgan fingerprint density at radius 3 is 2.91 bits per heavy atom. The van der Waals surface area contributed by atoms with E-state index in [0.717, 1.165) is 22.8 Å². The molecule has 3 aromatic rings. The highest BCUT2D eigenvalue weighted by Gasteiger charge is 2.14. The van der Waals surface area contributed by atoms with Gasteiger partial charge in [-0.15, -0.1) is 11.3 Å². The summed E-state index contributed by atoms with van der Waals surface area (Å²) in [5, 5.41) is 11.6. The first-order chi connectivity index (χ1) is 11.3. The van der Waals surface area contributed by atoms with Crippen molar-refractivity contribution in [2.75, 3.05) is 22.6 Å². The topological polar surface area (TPSA) is 78.9 Å². The second-order valence-corrected chi connectivity index (χ2v) is 5.86. The molecule has 23 heavy (non-hydrogen) atoms. The highest BCUT2D eigenvalue weighted by atomic mass is 32.1. The van der Waals surface area contributed by atoms with Crippen molar-refractivity contribution < 1.29 is 4.79 Å². The molecule has 3 heterocycles. The molecule has 0 unspecified atom stereocenters. The third-order valence-corrected chi connectivity index (χ3v) is 4.25. The number of hydrogen-bond acceptors (Lipinski definition) is 6. The lowest BCUT2D eigenvalue weighted by molar-refractivity contribution is 0.102. The SMILES string of the molecule is O=C(Nc1nc(-c2ccccn2)cs1)c1ccc2c(c1)NCN2. The Bertz CT molecular complexity index is 862. The van der Waals surface area contributed by atoms with E-state index in [4.69, 9.17) is 0 Å². The fraction of sp³-hybridized carbons (Fsp3) is 0.0625. The molecule has 3 N–H and O–H groups in total. The number of pyridine rings is 1. The van der Waals surface area contributed by atoms with E-state index in [1.165, 1.54) is 11.3 Å². The summed E-state index contributed by atoms with van der Waals surface area (Å²) in [7, 11) is 0. The zero-order valence-electron chi connectivity index (χ0n) is 12.0. The number of carbonyl (C=O) groups is 1. The first-order valence-corrected chi connectivity index (χ1v) is 7.98. The highest BCUT2D eigenvalue weighted by molar-refractivity contribution is 7.14. The summed E-state index contributed by atoms with van der Waals surface area (Å²) < 4.78 is 0. The second kappa shape index (κ2) is 5.69. The van der Waals surface area contributed by atoms with Gasteiger partial charge in [0.25, 0.3) is 5.91 Å². The first-order valence-electron chi connectivity index (χ1n) is 7.10. The fourth-order valence-corrected chi connectivity index (χ4v) is 3.05. The van der Waals surface area contributed by atoms with Gasteiger partial charge in [0.1, 0.15) is 5.69 Å². The molecular formula is C16H13N5OS. The summed E-state index contributed by atoms with van der Waals surface area (Å²) in [6, 6.07) is 11.2. The Kier molecular flexibility index (Phi) is 3.39. The predicted octanol–water partition coefficient (Wildman–Crippen LogP) is 3.25. The second-order valence-electron chi connectivity index (χ2n) is 5.00. The van der Waals surface area contributed by atoms with Gasteiger partial charge in [0.05, 0.1) is 23.7 Å². The molecule has 1 aromatic carbocycles. The highest BCUT2D eigenvalue weighted by Crippen LogP contribution is 2.28.